The van der Waals surface area contributed by atoms with E-state index < -0.39 is 15.9 Å². The Labute approximate surface area is 167 Å². The molecule has 27 heavy (non-hydrogen) atoms. The van der Waals surface area contributed by atoms with Crippen LogP contribution in [0.5, 0.6) is 0 Å². The van der Waals surface area contributed by atoms with Crippen LogP contribution in [0.4, 0.5) is 5.69 Å². The highest BCUT2D eigenvalue weighted by Crippen LogP contribution is 2.25. The highest BCUT2D eigenvalue weighted by Gasteiger charge is 2.27. The molecular formula is C18H19ClN2O4S2. The summed E-state index contributed by atoms with van der Waals surface area (Å²) in [4.78, 5) is 13.7. The van der Waals surface area contributed by atoms with E-state index in [1.54, 1.807) is 23.9 Å². The lowest BCUT2D eigenvalue weighted by Crippen LogP contribution is -2.40. The first kappa shape index (κ1) is 20.2. The summed E-state index contributed by atoms with van der Waals surface area (Å²) in [6.45, 7) is 1.28. The Morgan fingerprint density at radius 3 is 2.44 bits per heavy atom. The van der Waals surface area contributed by atoms with Crippen LogP contribution < -0.4 is 5.32 Å². The molecule has 0 aromatic heterocycles. The Bertz CT molecular complexity index is 927. The molecule has 0 radical (unpaired) electrons. The van der Waals surface area contributed by atoms with E-state index >= 15 is 0 Å². The first-order valence-electron chi connectivity index (χ1n) is 8.24. The minimum Gasteiger partial charge on any atom is -0.379 e. The third-order valence-corrected chi connectivity index (χ3v) is 7.11. The molecule has 0 spiro atoms. The number of sulfonamides is 1. The Balaban J connectivity index is 1.84. The van der Waals surface area contributed by atoms with Gasteiger partial charge in [0.15, 0.2) is 0 Å². The molecule has 0 bridgehead atoms. The molecule has 1 aliphatic heterocycles. The number of thioether (sulfide) groups is 1. The Morgan fingerprint density at radius 1 is 1.15 bits per heavy atom. The molecule has 2 aromatic rings. The van der Waals surface area contributed by atoms with Crippen LogP contribution >= 0.6 is 23.4 Å². The number of rotatable bonds is 5. The Morgan fingerprint density at radius 2 is 1.81 bits per heavy atom. The molecule has 6 nitrogen and oxygen atoms in total. The van der Waals surface area contributed by atoms with Gasteiger partial charge in [0.1, 0.15) is 0 Å². The second kappa shape index (κ2) is 8.62. The Hall–Kier alpha value is -1.58. The van der Waals surface area contributed by atoms with Gasteiger partial charge in [-0.2, -0.15) is 4.31 Å². The van der Waals surface area contributed by atoms with Crippen LogP contribution in [0.3, 0.4) is 0 Å². The molecule has 0 saturated carbocycles. The predicted molar refractivity (Wildman–Crippen MR) is 107 cm³/mol. The van der Waals surface area contributed by atoms with Crippen molar-refractivity contribution in [2.24, 2.45) is 0 Å². The SMILES string of the molecule is CSc1ccc(NC(=O)c2cc(S(=O)(=O)N3CCOCC3)ccc2Cl)cc1. The lowest BCUT2D eigenvalue weighted by Gasteiger charge is -2.26. The maximum atomic E-state index is 12.8. The van der Waals surface area contributed by atoms with E-state index in [4.69, 9.17) is 16.3 Å². The van der Waals surface area contributed by atoms with Crippen molar-refractivity contribution in [2.45, 2.75) is 9.79 Å². The van der Waals surface area contributed by atoms with Gasteiger partial charge < -0.3 is 10.1 Å². The van der Waals surface area contributed by atoms with Gasteiger partial charge in [-0.05, 0) is 48.7 Å². The van der Waals surface area contributed by atoms with Gasteiger partial charge in [0.05, 0.1) is 28.7 Å². The summed E-state index contributed by atoms with van der Waals surface area (Å²) in [7, 11) is -3.70. The van der Waals surface area contributed by atoms with E-state index in [1.807, 2.05) is 18.4 Å². The van der Waals surface area contributed by atoms with E-state index in [2.05, 4.69) is 5.32 Å². The van der Waals surface area contributed by atoms with Crippen molar-refractivity contribution >= 4 is 45.0 Å². The van der Waals surface area contributed by atoms with Crippen LogP contribution in [0.25, 0.3) is 0 Å². The van der Waals surface area contributed by atoms with Crippen LogP contribution in [-0.2, 0) is 14.8 Å². The number of amides is 1. The minimum absolute atomic E-state index is 0.0386. The van der Waals surface area contributed by atoms with Crippen molar-refractivity contribution in [3.8, 4) is 0 Å². The molecule has 9 heteroatoms. The molecule has 1 amide bonds. The van der Waals surface area contributed by atoms with E-state index in [0.29, 0.717) is 18.9 Å². The van der Waals surface area contributed by atoms with Gasteiger partial charge in [-0.1, -0.05) is 11.6 Å². The van der Waals surface area contributed by atoms with E-state index in [1.165, 1.54) is 22.5 Å². The monoisotopic (exact) mass is 426 g/mol. The highest BCUT2D eigenvalue weighted by molar-refractivity contribution is 7.98. The number of ether oxygens (including phenoxy) is 1. The summed E-state index contributed by atoms with van der Waals surface area (Å²) in [5, 5.41) is 2.94. The van der Waals surface area contributed by atoms with Gasteiger partial charge in [-0.15, -0.1) is 11.8 Å². The number of hydrogen-bond acceptors (Lipinski definition) is 5. The number of morpholine rings is 1. The van der Waals surface area contributed by atoms with Crippen molar-refractivity contribution in [2.75, 3.05) is 37.9 Å². The maximum absolute atomic E-state index is 12.8. The number of carbonyl (C=O) groups is 1. The van der Waals surface area contributed by atoms with Crippen LogP contribution in [0.15, 0.2) is 52.3 Å². The summed E-state index contributed by atoms with van der Waals surface area (Å²) in [5.74, 6) is -0.462. The topological polar surface area (TPSA) is 75.7 Å². The standard InChI is InChI=1S/C18H19ClN2O4S2/c1-26-14-4-2-13(3-5-14)20-18(22)16-12-15(6-7-17(16)19)27(23,24)21-8-10-25-11-9-21/h2-7,12H,8-11H2,1H3,(H,20,22). The lowest BCUT2D eigenvalue weighted by atomic mass is 10.2. The first-order valence-corrected chi connectivity index (χ1v) is 11.3. The molecule has 144 valence electrons. The quantitative estimate of drug-likeness (QED) is 0.742. The van der Waals surface area contributed by atoms with E-state index in [-0.39, 0.29) is 28.6 Å². The number of anilines is 1. The number of nitrogens with one attached hydrogen (secondary N) is 1. The lowest BCUT2D eigenvalue weighted by molar-refractivity contribution is 0.0730. The minimum atomic E-state index is -3.70. The third-order valence-electron chi connectivity index (χ3n) is 4.14. The fourth-order valence-electron chi connectivity index (χ4n) is 2.65. The zero-order valence-electron chi connectivity index (χ0n) is 14.6. The number of carbonyl (C=O) groups excluding carboxylic acids is 1. The number of hydrogen-bond donors (Lipinski definition) is 1. The fourth-order valence-corrected chi connectivity index (χ4v) is 4.69. The molecule has 1 fully saturated rings. The average molecular weight is 427 g/mol. The summed E-state index contributed by atoms with van der Waals surface area (Å²) in [6.07, 6.45) is 1.97. The van der Waals surface area contributed by atoms with E-state index in [0.717, 1.165) is 4.90 Å². The van der Waals surface area contributed by atoms with Crippen LogP contribution in [0.1, 0.15) is 10.4 Å². The Kier molecular flexibility index (Phi) is 6.44. The number of halogens is 1. The molecular weight excluding hydrogens is 408 g/mol. The van der Waals surface area contributed by atoms with Gasteiger partial charge in [0, 0.05) is 23.7 Å². The molecule has 0 atom stereocenters. The molecule has 1 saturated heterocycles. The zero-order valence-corrected chi connectivity index (χ0v) is 17.0. The molecule has 3 rings (SSSR count). The van der Waals surface area contributed by atoms with Crippen molar-refractivity contribution in [1.29, 1.82) is 0 Å². The molecule has 0 unspecified atom stereocenters. The summed E-state index contributed by atoms with van der Waals surface area (Å²) >= 11 is 7.75. The van der Waals surface area contributed by atoms with Crippen LogP contribution in [0, 0.1) is 0 Å². The second-order valence-corrected chi connectivity index (χ2v) is 9.07. The van der Waals surface area contributed by atoms with Gasteiger partial charge >= 0.3 is 0 Å². The van der Waals surface area contributed by atoms with Crippen molar-refractivity contribution < 1.29 is 17.9 Å². The first-order chi connectivity index (χ1) is 12.9. The van der Waals surface area contributed by atoms with E-state index in [9.17, 15) is 13.2 Å². The van der Waals surface area contributed by atoms with Gasteiger partial charge in [-0.25, -0.2) is 8.42 Å². The van der Waals surface area contributed by atoms with Gasteiger partial charge in [0.2, 0.25) is 10.0 Å². The van der Waals surface area contributed by atoms with Crippen molar-refractivity contribution in [3.05, 3.63) is 53.1 Å². The van der Waals surface area contributed by atoms with Crippen molar-refractivity contribution in [1.82, 2.24) is 4.31 Å². The summed E-state index contributed by atoms with van der Waals surface area (Å²) in [6, 6.07) is 11.5. The third kappa shape index (κ3) is 4.64. The maximum Gasteiger partial charge on any atom is 0.257 e. The van der Waals surface area contributed by atoms with Crippen LogP contribution in [0.2, 0.25) is 5.02 Å². The predicted octanol–water partition coefficient (Wildman–Crippen LogP) is 3.34. The van der Waals surface area contributed by atoms with Crippen LogP contribution in [-0.4, -0.2) is 51.2 Å². The summed E-state index contributed by atoms with van der Waals surface area (Å²) in [5.41, 5.74) is 0.718. The molecule has 0 aliphatic carbocycles. The molecule has 2 aromatic carbocycles. The average Bonchev–Trinajstić information content (AvgIpc) is 2.69. The second-order valence-electron chi connectivity index (χ2n) is 5.84. The largest absolute Gasteiger partial charge is 0.379 e. The van der Waals surface area contributed by atoms with Crippen molar-refractivity contribution in [3.63, 3.8) is 0 Å². The normalized spacial score (nSPS) is 15.5. The van der Waals surface area contributed by atoms with Gasteiger partial charge in [-0.3, -0.25) is 4.79 Å². The highest BCUT2D eigenvalue weighted by atomic mass is 35.5. The molecule has 1 aliphatic rings. The summed E-state index contributed by atoms with van der Waals surface area (Å²) < 4.78 is 32.1. The number of benzene rings is 2. The fraction of sp³-hybridized carbons (Fsp3) is 0.278. The molecule has 1 heterocycles. The smallest absolute Gasteiger partial charge is 0.257 e. The number of nitrogens with zero attached hydrogens (tertiary/aromatic N) is 1. The molecule has 1 N–H and O–H groups in total. The van der Waals surface area contributed by atoms with Gasteiger partial charge in [0.25, 0.3) is 5.91 Å². The zero-order chi connectivity index (χ0) is 19.4.